The summed E-state index contributed by atoms with van der Waals surface area (Å²) >= 11 is 0. The average molecular weight is 284 g/mol. The molecule has 0 atom stereocenters. The van der Waals surface area contributed by atoms with Crippen molar-refractivity contribution in [1.29, 1.82) is 0 Å². The minimum atomic E-state index is -0.0302. The first-order valence-electron chi connectivity index (χ1n) is 8.38. The largest absolute Gasteiger partial charge is 0.466 e. The second kappa shape index (κ2) is 9.41. The summed E-state index contributed by atoms with van der Waals surface area (Å²) in [6, 6.07) is 0. The van der Waals surface area contributed by atoms with Gasteiger partial charge in [0.05, 0.1) is 13.0 Å². The van der Waals surface area contributed by atoms with Crippen molar-refractivity contribution in [3.63, 3.8) is 0 Å². The molecule has 0 aliphatic carbocycles. The van der Waals surface area contributed by atoms with Crippen molar-refractivity contribution in [3.05, 3.63) is 0 Å². The Balaban J connectivity index is 3.93. The Hall–Kier alpha value is -0.530. The van der Waals surface area contributed by atoms with Gasteiger partial charge in [0.25, 0.3) is 0 Å². The van der Waals surface area contributed by atoms with E-state index in [9.17, 15) is 4.79 Å². The smallest absolute Gasteiger partial charge is 0.306 e. The topological polar surface area (TPSA) is 26.3 Å². The van der Waals surface area contributed by atoms with Crippen LogP contribution in [0.2, 0.25) is 0 Å². The van der Waals surface area contributed by atoms with Crippen molar-refractivity contribution in [1.82, 2.24) is 0 Å². The van der Waals surface area contributed by atoms with Gasteiger partial charge in [0.1, 0.15) is 0 Å². The van der Waals surface area contributed by atoms with Crippen molar-refractivity contribution >= 4 is 5.97 Å². The molecule has 0 aromatic rings. The fraction of sp³-hybridized carbons (Fsp3) is 0.944. The first kappa shape index (κ1) is 19.5. The molecular formula is C18H36O2. The van der Waals surface area contributed by atoms with Crippen LogP contribution in [0, 0.1) is 10.8 Å². The summed E-state index contributed by atoms with van der Waals surface area (Å²) in [6.07, 6.45) is 8.68. The molecule has 0 N–H and O–H groups in total. The van der Waals surface area contributed by atoms with Crippen LogP contribution in [0.1, 0.15) is 92.9 Å². The van der Waals surface area contributed by atoms with Crippen molar-refractivity contribution in [2.24, 2.45) is 10.8 Å². The van der Waals surface area contributed by atoms with Gasteiger partial charge in [-0.25, -0.2) is 0 Å². The van der Waals surface area contributed by atoms with Gasteiger partial charge in [-0.05, 0) is 30.1 Å². The summed E-state index contributed by atoms with van der Waals surface area (Å²) in [5, 5.41) is 0. The highest BCUT2D eigenvalue weighted by Crippen LogP contribution is 2.29. The molecule has 0 aliphatic heterocycles. The predicted molar refractivity (Wildman–Crippen MR) is 86.8 cm³/mol. The molecule has 0 fully saturated rings. The fourth-order valence-corrected chi connectivity index (χ4v) is 2.41. The molecule has 120 valence electrons. The number of unbranched alkanes of at least 4 members (excludes halogenated alkanes) is 2. The van der Waals surface area contributed by atoms with Crippen LogP contribution < -0.4 is 0 Å². The SMILES string of the molecule is CCCCC(C)(C)CCOC(=O)CC(C)(C)CCCC. The van der Waals surface area contributed by atoms with Crippen LogP contribution in [0.4, 0.5) is 0 Å². The van der Waals surface area contributed by atoms with Gasteiger partial charge in [0.2, 0.25) is 0 Å². The Morgan fingerprint density at radius 3 is 1.85 bits per heavy atom. The van der Waals surface area contributed by atoms with Gasteiger partial charge >= 0.3 is 5.97 Å². The quantitative estimate of drug-likeness (QED) is 0.452. The van der Waals surface area contributed by atoms with Crippen LogP contribution in [0.3, 0.4) is 0 Å². The van der Waals surface area contributed by atoms with Crippen molar-refractivity contribution < 1.29 is 9.53 Å². The third-order valence-electron chi connectivity index (χ3n) is 4.08. The third kappa shape index (κ3) is 10.3. The Morgan fingerprint density at radius 2 is 1.35 bits per heavy atom. The highest BCUT2D eigenvalue weighted by Gasteiger charge is 2.23. The van der Waals surface area contributed by atoms with E-state index >= 15 is 0 Å². The van der Waals surface area contributed by atoms with E-state index in [1.807, 2.05) is 0 Å². The molecule has 0 aliphatic rings. The number of ether oxygens (including phenoxy) is 1. The number of esters is 1. The number of carbonyl (C=O) groups excluding carboxylic acids is 1. The maximum Gasteiger partial charge on any atom is 0.306 e. The first-order chi connectivity index (χ1) is 9.22. The third-order valence-corrected chi connectivity index (χ3v) is 4.08. The van der Waals surface area contributed by atoms with Crippen LogP contribution >= 0.6 is 0 Å². The molecule has 0 spiro atoms. The zero-order valence-corrected chi connectivity index (χ0v) is 14.7. The van der Waals surface area contributed by atoms with Gasteiger partial charge in [-0.2, -0.15) is 0 Å². The first-order valence-corrected chi connectivity index (χ1v) is 8.38. The molecule has 20 heavy (non-hydrogen) atoms. The lowest BCUT2D eigenvalue weighted by Gasteiger charge is -2.25. The Kier molecular flexibility index (Phi) is 9.16. The van der Waals surface area contributed by atoms with Crippen molar-refractivity contribution in [2.75, 3.05) is 6.61 Å². The molecule has 2 nitrogen and oxygen atoms in total. The summed E-state index contributed by atoms with van der Waals surface area (Å²) in [4.78, 5) is 11.9. The summed E-state index contributed by atoms with van der Waals surface area (Å²) in [6.45, 7) is 13.8. The second-order valence-electron chi connectivity index (χ2n) is 7.68. The van der Waals surface area contributed by atoms with Crippen LogP contribution in [0.15, 0.2) is 0 Å². The van der Waals surface area contributed by atoms with E-state index in [1.54, 1.807) is 0 Å². The van der Waals surface area contributed by atoms with Crippen LogP contribution in [0.25, 0.3) is 0 Å². The maximum absolute atomic E-state index is 11.9. The molecule has 0 bridgehead atoms. The lowest BCUT2D eigenvalue weighted by atomic mass is 9.83. The van der Waals surface area contributed by atoms with E-state index in [-0.39, 0.29) is 16.8 Å². The van der Waals surface area contributed by atoms with Crippen LogP contribution in [0.5, 0.6) is 0 Å². The van der Waals surface area contributed by atoms with E-state index in [0.717, 1.165) is 12.8 Å². The summed E-state index contributed by atoms with van der Waals surface area (Å²) in [5.74, 6) is -0.0302. The van der Waals surface area contributed by atoms with Gasteiger partial charge in [-0.3, -0.25) is 4.79 Å². The van der Waals surface area contributed by atoms with Crippen LogP contribution in [-0.4, -0.2) is 12.6 Å². The highest BCUT2D eigenvalue weighted by molar-refractivity contribution is 5.70. The van der Waals surface area contributed by atoms with Crippen LogP contribution in [-0.2, 0) is 9.53 Å². The minimum Gasteiger partial charge on any atom is -0.466 e. The van der Waals surface area contributed by atoms with E-state index in [4.69, 9.17) is 4.74 Å². The van der Waals surface area contributed by atoms with Gasteiger partial charge in [-0.1, -0.05) is 67.2 Å². The van der Waals surface area contributed by atoms with Gasteiger partial charge in [0.15, 0.2) is 0 Å². The normalized spacial score (nSPS) is 12.5. The zero-order valence-electron chi connectivity index (χ0n) is 14.7. The maximum atomic E-state index is 11.9. The molecule has 0 aromatic carbocycles. The average Bonchev–Trinajstić information content (AvgIpc) is 2.33. The number of rotatable bonds is 11. The molecule has 0 unspecified atom stereocenters. The highest BCUT2D eigenvalue weighted by atomic mass is 16.5. The number of carbonyl (C=O) groups is 1. The lowest BCUT2D eigenvalue weighted by Crippen LogP contribution is -2.21. The molecule has 0 amide bonds. The molecular weight excluding hydrogens is 248 g/mol. The fourth-order valence-electron chi connectivity index (χ4n) is 2.41. The van der Waals surface area contributed by atoms with E-state index in [2.05, 4.69) is 41.5 Å². The Labute approximate surface area is 126 Å². The minimum absolute atomic E-state index is 0.0302. The lowest BCUT2D eigenvalue weighted by molar-refractivity contribution is -0.146. The van der Waals surface area contributed by atoms with E-state index < -0.39 is 0 Å². The van der Waals surface area contributed by atoms with Crippen molar-refractivity contribution in [2.45, 2.75) is 92.9 Å². The molecule has 2 heteroatoms. The molecule has 0 saturated heterocycles. The van der Waals surface area contributed by atoms with Crippen molar-refractivity contribution in [3.8, 4) is 0 Å². The monoisotopic (exact) mass is 284 g/mol. The van der Waals surface area contributed by atoms with Gasteiger partial charge < -0.3 is 4.74 Å². The standard InChI is InChI=1S/C18H36O2/c1-7-9-11-17(3,4)13-14-20-16(19)15-18(5,6)12-10-8-2/h7-15H2,1-6H3. The molecule has 0 radical (unpaired) electrons. The summed E-state index contributed by atoms with van der Waals surface area (Å²) < 4.78 is 5.43. The Morgan fingerprint density at radius 1 is 0.850 bits per heavy atom. The number of hydrogen-bond donors (Lipinski definition) is 0. The number of hydrogen-bond acceptors (Lipinski definition) is 2. The Bertz CT molecular complexity index is 267. The van der Waals surface area contributed by atoms with Gasteiger partial charge in [-0.15, -0.1) is 0 Å². The van der Waals surface area contributed by atoms with E-state index in [1.165, 1.54) is 32.1 Å². The molecule has 0 heterocycles. The molecule has 0 saturated carbocycles. The molecule has 0 rings (SSSR count). The zero-order chi connectivity index (χ0) is 15.6. The second-order valence-corrected chi connectivity index (χ2v) is 7.68. The summed E-state index contributed by atoms with van der Waals surface area (Å²) in [5.41, 5.74) is 0.360. The molecule has 0 aromatic heterocycles. The summed E-state index contributed by atoms with van der Waals surface area (Å²) in [7, 11) is 0. The predicted octanol–water partition coefficient (Wildman–Crippen LogP) is 5.74. The van der Waals surface area contributed by atoms with Gasteiger partial charge in [0, 0.05) is 0 Å². The van der Waals surface area contributed by atoms with E-state index in [0.29, 0.717) is 13.0 Å².